The van der Waals surface area contributed by atoms with Gasteiger partial charge in [-0.05, 0) is 38.8 Å². The normalized spacial score (nSPS) is 38.9. The zero-order chi connectivity index (χ0) is 8.55. The molecule has 0 radical (unpaired) electrons. The molecule has 2 atom stereocenters. The molecular weight excluding hydrogens is 150 g/mol. The van der Waals surface area contributed by atoms with E-state index in [-0.39, 0.29) is 0 Å². The first-order valence-electron chi connectivity index (χ1n) is 4.66. The van der Waals surface area contributed by atoms with Crippen molar-refractivity contribution < 1.29 is 4.79 Å². The first kappa shape index (κ1) is 7.99. The van der Waals surface area contributed by atoms with Gasteiger partial charge in [0, 0.05) is 12.1 Å². The quantitative estimate of drug-likeness (QED) is 0.432. The van der Waals surface area contributed by atoms with Gasteiger partial charge in [-0.15, -0.1) is 0 Å². The van der Waals surface area contributed by atoms with E-state index in [1.807, 2.05) is 0 Å². The van der Waals surface area contributed by atoms with Crippen LogP contribution in [0.2, 0.25) is 0 Å². The lowest BCUT2D eigenvalue weighted by molar-refractivity contribution is -0.104. The van der Waals surface area contributed by atoms with Crippen LogP contribution in [0.15, 0.2) is 11.6 Å². The van der Waals surface area contributed by atoms with E-state index in [4.69, 9.17) is 0 Å². The Morgan fingerprint density at radius 3 is 2.42 bits per heavy atom. The van der Waals surface area contributed by atoms with Gasteiger partial charge in [-0.1, -0.05) is 5.57 Å². The maximum absolute atomic E-state index is 10.3. The molecule has 0 aromatic carbocycles. The second-order valence-electron chi connectivity index (χ2n) is 3.92. The summed E-state index contributed by atoms with van der Waals surface area (Å²) in [6, 6.07) is 1.44. The largest absolute Gasteiger partial charge is 0.300 e. The summed E-state index contributed by atoms with van der Waals surface area (Å²) in [5.74, 6) is 0. The molecule has 0 amide bonds. The van der Waals surface area contributed by atoms with Crippen LogP contribution in [0.4, 0.5) is 0 Å². The Morgan fingerprint density at radius 1 is 1.33 bits per heavy atom. The Bertz CT molecular complexity index is 206. The lowest BCUT2D eigenvalue weighted by Crippen LogP contribution is -2.36. The van der Waals surface area contributed by atoms with Crippen molar-refractivity contribution in [2.24, 2.45) is 0 Å². The first-order chi connectivity index (χ1) is 5.81. The molecule has 0 aromatic heterocycles. The summed E-state index contributed by atoms with van der Waals surface area (Å²) in [4.78, 5) is 12.8. The summed E-state index contributed by atoms with van der Waals surface area (Å²) in [6.07, 6.45) is 7.56. The average Bonchev–Trinajstić information content (AvgIpc) is 2.33. The minimum absolute atomic E-state index is 0.718. The van der Waals surface area contributed by atoms with E-state index in [2.05, 4.69) is 11.9 Å². The topological polar surface area (TPSA) is 20.3 Å². The molecule has 0 saturated carbocycles. The van der Waals surface area contributed by atoms with Crippen LogP contribution in [0, 0.1) is 0 Å². The van der Waals surface area contributed by atoms with E-state index in [1.54, 1.807) is 6.08 Å². The summed E-state index contributed by atoms with van der Waals surface area (Å²) in [5, 5.41) is 0. The molecule has 0 N–H and O–H groups in total. The molecule has 2 rings (SSSR count). The molecule has 2 fully saturated rings. The number of allylic oxidation sites excluding steroid dienone is 1. The van der Waals surface area contributed by atoms with Crippen LogP contribution in [0.5, 0.6) is 0 Å². The van der Waals surface area contributed by atoms with Crippen LogP contribution in [0.25, 0.3) is 0 Å². The molecule has 0 spiro atoms. The predicted molar refractivity (Wildman–Crippen MR) is 48.0 cm³/mol. The summed E-state index contributed by atoms with van der Waals surface area (Å²) >= 11 is 0. The van der Waals surface area contributed by atoms with Crippen molar-refractivity contribution in [2.75, 3.05) is 7.05 Å². The van der Waals surface area contributed by atoms with E-state index in [9.17, 15) is 4.79 Å². The average molecular weight is 165 g/mol. The van der Waals surface area contributed by atoms with Crippen molar-refractivity contribution in [3.05, 3.63) is 11.6 Å². The second-order valence-corrected chi connectivity index (χ2v) is 3.92. The molecule has 2 heteroatoms. The van der Waals surface area contributed by atoms with Gasteiger partial charge in [0.25, 0.3) is 0 Å². The highest BCUT2D eigenvalue weighted by atomic mass is 16.1. The number of hydrogen-bond acceptors (Lipinski definition) is 2. The maximum Gasteiger partial charge on any atom is 0.142 e. The zero-order valence-corrected chi connectivity index (χ0v) is 7.49. The Morgan fingerprint density at radius 2 is 1.92 bits per heavy atom. The van der Waals surface area contributed by atoms with E-state index < -0.39 is 0 Å². The van der Waals surface area contributed by atoms with Gasteiger partial charge in [0.2, 0.25) is 0 Å². The molecule has 2 heterocycles. The molecule has 0 unspecified atom stereocenters. The maximum atomic E-state index is 10.3. The predicted octanol–water partition coefficient (Wildman–Crippen LogP) is 1.37. The third-order valence-electron chi connectivity index (χ3n) is 3.28. The van der Waals surface area contributed by atoms with Crippen LogP contribution < -0.4 is 0 Å². The number of carbonyl (C=O) groups excluding carboxylic acids is 1. The lowest BCUT2D eigenvalue weighted by Gasteiger charge is -2.32. The number of piperidine rings is 1. The Balaban J connectivity index is 2.12. The van der Waals surface area contributed by atoms with Crippen molar-refractivity contribution in [2.45, 2.75) is 37.8 Å². The Hall–Kier alpha value is -0.630. The van der Waals surface area contributed by atoms with Crippen molar-refractivity contribution in [1.29, 1.82) is 0 Å². The van der Waals surface area contributed by atoms with Gasteiger partial charge in [-0.3, -0.25) is 9.69 Å². The molecule has 0 aromatic rings. The molecule has 2 bridgehead atoms. The number of hydrogen-bond donors (Lipinski definition) is 0. The van der Waals surface area contributed by atoms with Crippen molar-refractivity contribution in [3.8, 4) is 0 Å². The van der Waals surface area contributed by atoms with Crippen molar-refractivity contribution in [3.63, 3.8) is 0 Å². The molecule has 2 saturated heterocycles. The molecular formula is C10H15NO. The van der Waals surface area contributed by atoms with Crippen LogP contribution in [0.3, 0.4) is 0 Å². The lowest BCUT2D eigenvalue weighted by atomic mass is 9.97. The van der Waals surface area contributed by atoms with E-state index >= 15 is 0 Å². The summed E-state index contributed by atoms with van der Waals surface area (Å²) < 4.78 is 0. The first-order valence-corrected chi connectivity index (χ1v) is 4.66. The van der Waals surface area contributed by atoms with Crippen LogP contribution in [-0.2, 0) is 4.79 Å². The molecule has 12 heavy (non-hydrogen) atoms. The third-order valence-corrected chi connectivity index (χ3v) is 3.28. The molecule has 2 nitrogen and oxygen atoms in total. The van der Waals surface area contributed by atoms with Gasteiger partial charge in [0.05, 0.1) is 0 Å². The fourth-order valence-electron chi connectivity index (χ4n) is 2.50. The van der Waals surface area contributed by atoms with Crippen LogP contribution in [-0.4, -0.2) is 30.3 Å². The van der Waals surface area contributed by atoms with E-state index in [0.717, 1.165) is 31.2 Å². The Kier molecular flexibility index (Phi) is 2.01. The van der Waals surface area contributed by atoms with Gasteiger partial charge in [-0.25, -0.2) is 0 Å². The second kappa shape index (κ2) is 3.02. The summed E-state index contributed by atoms with van der Waals surface area (Å²) in [5.41, 5.74) is 1.36. The highest BCUT2D eigenvalue weighted by Crippen LogP contribution is 2.36. The minimum Gasteiger partial charge on any atom is -0.300 e. The highest BCUT2D eigenvalue weighted by molar-refractivity contribution is 5.66. The number of nitrogens with zero attached hydrogens (tertiary/aromatic N) is 1. The molecule has 66 valence electrons. The number of aldehydes is 1. The standard InChI is InChI=1S/C10H15NO/c1-11-9-2-3-10(11)7-8(6-9)4-5-12/h4-5,9-10H,2-3,6-7H2,1H3/t9-,10+. The fraction of sp³-hybridized carbons (Fsp3) is 0.700. The van der Waals surface area contributed by atoms with E-state index in [0.29, 0.717) is 0 Å². The van der Waals surface area contributed by atoms with Gasteiger partial charge < -0.3 is 0 Å². The van der Waals surface area contributed by atoms with Crippen LogP contribution in [0.1, 0.15) is 25.7 Å². The third kappa shape index (κ3) is 1.20. The van der Waals surface area contributed by atoms with Gasteiger partial charge >= 0.3 is 0 Å². The van der Waals surface area contributed by atoms with E-state index in [1.165, 1.54) is 18.4 Å². The number of rotatable bonds is 1. The minimum atomic E-state index is 0.718. The fourth-order valence-corrected chi connectivity index (χ4v) is 2.50. The summed E-state index contributed by atoms with van der Waals surface area (Å²) in [6.45, 7) is 0. The molecule has 0 aliphatic carbocycles. The monoisotopic (exact) mass is 165 g/mol. The SMILES string of the molecule is CN1[C@@H]2CC[C@H]1CC(=CC=O)C2. The smallest absolute Gasteiger partial charge is 0.142 e. The Labute approximate surface area is 73.2 Å². The van der Waals surface area contributed by atoms with Crippen molar-refractivity contribution >= 4 is 6.29 Å². The summed E-state index contributed by atoms with van der Waals surface area (Å²) in [7, 11) is 2.21. The van der Waals surface area contributed by atoms with Gasteiger partial charge in [0.15, 0.2) is 0 Å². The van der Waals surface area contributed by atoms with Gasteiger partial charge in [0.1, 0.15) is 6.29 Å². The highest BCUT2D eigenvalue weighted by Gasteiger charge is 2.35. The zero-order valence-electron chi connectivity index (χ0n) is 7.49. The molecule has 2 aliphatic heterocycles. The number of fused-ring (bicyclic) bond motifs is 2. The van der Waals surface area contributed by atoms with Gasteiger partial charge in [-0.2, -0.15) is 0 Å². The van der Waals surface area contributed by atoms with Crippen LogP contribution >= 0.6 is 0 Å². The molecule has 2 aliphatic rings. The van der Waals surface area contributed by atoms with Crippen molar-refractivity contribution in [1.82, 2.24) is 4.90 Å². The number of carbonyl (C=O) groups is 1.